The molecule has 0 spiro atoms. The normalized spacial score (nSPS) is 19.5. The molecule has 6 nitrogen and oxygen atoms in total. The molecule has 0 aliphatic carbocycles. The van der Waals surface area contributed by atoms with Gasteiger partial charge in [0.15, 0.2) is 0 Å². The topological polar surface area (TPSA) is 74.4 Å². The smallest absolute Gasteiger partial charge is 0.230 e. The number of ether oxygens (including phenoxy) is 1. The third-order valence-corrected chi connectivity index (χ3v) is 5.20. The molecule has 0 bridgehead atoms. The SMILES string of the molecule is COc1ccc([C@H]2[C@H](C(=O)Nc3ccc4cc[nH]c4c3)CC(=O)N2C)cc1. The van der Waals surface area contributed by atoms with E-state index in [4.69, 9.17) is 4.74 Å². The Morgan fingerprint density at radius 1 is 1.19 bits per heavy atom. The minimum atomic E-state index is -0.449. The van der Waals surface area contributed by atoms with Crippen LogP contribution in [0.15, 0.2) is 54.7 Å². The van der Waals surface area contributed by atoms with Crippen molar-refractivity contribution in [1.82, 2.24) is 9.88 Å². The highest BCUT2D eigenvalue weighted by molar-refractivity contribution is 5.99. The van der Waals surface area contributed by atoms with Crippen LogP contribution in [0.4, 0.5) is 5.69 Å². The lowest BCUT2D eigenvalue weighted by atomic mass is 9.92. The lowest BCUT2D eigenvalue weighted by Crippen LogP contribution is -2.30. The van der Waals surface area contributed by atoms with Crippen LogP contribution in [0.2, 0.25) is 0 Å². The molecule has 4 rings (SSSR count). The molecule has 2 atom stereocenters. The summed E-state index contributed by atoms with van der Waals surface area (Å²) in [7, 11) is 3.35. The summed E-state index contributed by atoms with van der Waals surface area (Å²) in [6.45, 7) is 0. The number of nitrogens with zero attached hydrogens (tertiary/aromatic N) is 1. The van der Waals surface area contributed by atoms with Gasteiger partial charge in [-0.1, -0.05) is 18.2 Å². The van der Waals surface area contributed by atoms with E-state index in [2.05, 4.69) is 10.3 Å². The van der Waals surface area contributed by atoms with Crippen LogP contribution < -0.4 is 10.1 Å². The van der Waals surface area contributed by atoms with Gasteiger partial charge in [0, 0.05) is 30.9 Å². The molecular formula is C21H21N3O3. The number of H-pyrrole nitrogens is 1. The molecule has 2 amide bonds. The van der Waals surface area contributed by atoms with Crippen molar-refractivity contribution in [3.8, 4) is 5.75 Å². The van der Waals surface area contributed by atoms with Crippen molar-refractivity contribution < 1.29 is 14.3 Å². The maximum Gasteiger partial charge on any atom is 0.230 e. The summed E-state index contributed by atoms with van der Waals surface area (Å²) < 4.78 is 5.20. The predicted octanol–water partition coefficient (Wildman–Crippen LogP) is 3.33. The molecule has 0 radical (unpaired) electrons. The number of methoxy groups -OCH3 is 1. The van der Waals surface area contributed by atoms with E-state index in [-0.39, 0.29) is 24.3 Å². The molecule has 27 heavy (non-hydrogen) atoms. The second kappa shape index (κ2) is 6.79. The van der Waals surface area contributed by atoms with Gasteiger partial charge in [0.2, 0.25) is 11.8 Å². The average molecular weight is 363 g/mol. The van der Waals surface area contributed by atoms with Crippen molar-refractivity contribution in [1.29, 1.82) is 0 Å². The fourth-order valence-electron chi connectivity index (χ4n) is 3.72. The summed E-state index contributed by atoms with van der Waals surface area (Å²) in [6, 6.07) is 14.9. The second-order valence-electron chi connectivity index (χ2n) is 6.80. The Balaban J connectivity index is 1.59. The van der Waals surface area contributed by atoms with Gasteiger partial charge in [-0.2, -0.15) is 0 Å². The minimum absolute atomic E-state index is 0.0317. The first kappa shape index (κ1) is 17.1. The summed E-state index contributed by atoms with van der Waals surface area (Å²) in [6.07, 6.45) is 2.06. The van der Waals surface area contributed by atoms with E-state index >= 15 is 0 Å². The zero-order valence-electron chi connectivity index (χ0n) is 15.2. The van der Waals surface area contributed by atoms with E-state index in [1.807, 2.05) is 54.7 Å². The molecule has 0 unspecified atom stereocenters. The van der Waals surface area contributed by atoms with Crippen molar-refractivity contribution in [2.75, 3.05) is 19.5 Å². The summed E-state index contributed by atoms with van der Waals surface area (Å²) in [4.78, 5) is 30.1. The van der Waals surface area contributed by atoms with Crippen molar-refractivity contribution in [3.05, 3.63) is 60.3 Å². The number of hydrogen-bond acceptors (Lipinski definition) is 3. The van der Waals surface area contributed by atoms with Gasteiger partial charge >= 0.3 is 0 Å². The minimum Gasteiger partial charge on any atom is -0.497 e. The van der Waals surface area contributed by atoms with E-state index in [1.54, 1.807) is 19.1 Å². The van der Waals surface area contributed by atoms with Crippen LogP contribution >= 0.6 is 0 Å². The third-order valence-electron chi connectivity index (χ3n) is 5.20. The van der Waals surface area contributed by atoms with Crippen molar-refractivity contribution in [2.24, 2.45) is 5.92 Å². The second-order valence-corrected chi connectivity index (χ2v) is 6.80. The maximum atomic E-state index is 13.0. The number of aromatic nitrogens is 1. The molecule has 138 valence electrons. The Bertz CT molecular complexity index is 993. The zero-order chi connectivity index (χ0) is 19.0. The summed E-state index contributed by atoms with van der Waals surface area (Å²) in [5.74, 6) is 0.108. The van der Waals surface area contributed by atoms with Crippen LogP contribution in [0, 0.1) is 5.92 Å². The van der Waals surface area contributed by atoms with Crippen LogP contribution in [-0.2, 0) is 9.59 Å². The van der Waals surface area contributed by atoms with E-state index in [0.717, 1.165) is 22.2 Å². The molecule has 6 heteroatoms. The standard InChI is InChI=1S/C21H21N3O3/c1-24-19(25)12-17(20(24)14-4-7-16(27-2)8-5-14)21(26)23-15-6-3-13-9-10-22-18(13)11-15/h3-11,17,20,22H,12H2,1-2H3,(H,23,26)/t17-,20+/m1/s1. The number of benzene rings is 2. The van der Waals surface area contributed by atoms with Gasteiger partial charge in [0.1, 0.15) is 5.75 Å². The first-order chi connectivity index (χ1) is 13.1. The molecule has 3 aromatic rings. The first-order valence-electron chi connectivity index (χ1n) is 8.84. The van der Waals surface area contributed by atoms with Crippen LogP contribution in [0.3, 0.4) is 0 Å². The van der Waals surface area contributed by atoms with E-state index < -0.39 is 5.92 Å². The molecule has 1 fully saturated rings. The van der Waals surface area contributed by atoms with Crippen LogP contribution in [-0.4, -0.2) is 35.9 Å². The molecule has 0 saturated carbocycles. The summed E-state index contributed by atoms with van der Waals surface area (Å²) >= 11 is 0. The number of carbonyl (C=O) groups excluding carboxylic acids is 2. The third kappa shape index (κ3) is 3.14. The van der Waals surface area contributed by atoms with Gasteiger partial charge in [-0.05, 0) is 41.3 Å². The van der Waals surface area contributed by atoms with Crippen LogP contribution in [0.5, 0.6) is 5.75 Å². The predicted molar refractivity (Wildman–Crippen MR) is 104 cm³/mol. The van der Waals surface area contributed by atoms with Gasteiger partial charge in [-0.15, -0.1) is 0 Å². The van der Waals surface area contributed by atoms with E-state index in [9.17, 15) is 9.59 Å². The Morgan fingerprint density at radius 3 is 2.70 bits per heavy atom. The molecular weight excluding hydrogens is 342 g/mol. The van der Waals surface area contributed by atoms with Crippen LogP contribution in [0.25, 0.3) is 10.9 Å². The molecule has 2 N–H and O–H groups in total. The maximum absolute atomic E-state index is 13.0. The quantitative estimate of drug-likeness (QED) is 0.747. The van der Waals surface area contributed by atoms with Crippen LogP contribution in [0.1, 0.15) is 18.0 Å². The number of nitrogens with one attached hydrogen (secondary N) is 2. The van der Waals surface area contributed by atoms with Gasteiger partial charge in [0.05, 0.1) is 19.1 Å². The lowest BCUT2D eigenvalue weighted by molar-refractivity contribution is -0.127. The monoisotopic (exact) mass is 363 g/mol. The number of anilines is 1. The number of hydrogen-bond donors (Lipinski definition) is 2. The zero-order valence-corrected chi connectivity index (χ0v) is 15.2. The van der Waals surface area contributed by atoms with Gasteiger partial charge < -0.3 is 19.9 Å². The summed E-state index contributed by atoms with van der Waals surface area (Å²) in [5.41, 5.74) is 2.59. The number of carbonyl (C=O) groups is 2. The number of fused-ring (bicyclic) bond motifs is 1. The van der Waals surface area contributed by atoms with Gasteiger partial charge in [0.25, 0.3) is 0 Å². The Labute approximate surface area is 157 Å². The Kier molecular flexibility index (Phi) is 4.32. The Morgan fingerprint density at radius 2 is 1.96 bits per heavy atom. The van der Waals surface area contributed by atoms with E-state index in [1.165, 1.54) is 0 Å². The number of aromatic amines is 1. The van der Waals surface area contributed by atoms with E-state index in [0.29, 0.717) is 5.69 Å². The fourth-order valence-corrected chi connectivity index (χ4v) is 3.72. The number of rotatable bonds is 4. The highest BCUT2D eigenvalue weighted by Gasteiger charge is 2.42. The molecule has 1 aromatic heterocycles. The highest BCUT2D eigenvalue weighted by Crippen LogP contribution is 2.38. The number of amides is 2. The molecule has 2 heterocycles. The van der Waals surface area contributed by atoms with Crippen molar-refractivity contribution in [3.63, 3.8) is 0 Å². The average Bonchev–Trinajstić information content (AvgIpc) is 3.26. The lowest BCUT2D eigenvalue weighted by Gasteiger charge is -2.25. The number of likely N-dealkylation sites (tertiary alicyclic amines) is 1. The molecule has 2 aromatic carbocycles. The molecule has 1 aliphatic heterocycles. The largest absolute Gasteiger partial charge is 0.497 e. The highest BCUT2D eigenvalue weighted by atomic mass is 16.5. The summed E-state index contributed by atoms with van der Waals surface area (Å²) in [5, 5.41) is 4.05. The van der Waals surface area contributed by atoms with Crippen molar-refractivity contribution in [2.45, 2.75) is 12.5 Å². The fraction of sp³-hybridized carbons (Fsp3) is 0.238. The molecule has 1 aliphatic rings. The van der Waals surface area contributed by atoms with Crippen molar-refractivity contribution >= 4 is 28.4 Å². The van der Waals surface area contributed by atoms with Gasteiger partial charge in [-0.25, -0.2) is 0 Å². The Hall–Kier alpha value is -3.28. The molecule has 1 saturated heterocycles. The first-order valence-corrected chi connectivity index (χ1v) is 8.84. The van der Waals surface area contributed by atoms with Gasteiger partial charge in [-0.3, -0.25) is 9.59 Å².